The number of nitriles is 1. The molecule has 0 aromatic rings. The van der Waals surface area contributed by atoms with Crippen molar-refractivity contribution in [3.8, 4) is 6.07 Å². The van der Waals surface area contributed by atoms with Crippen LogP contribution in [0.2, 0.25) is 0 Å². The van der Waals surface area contributed by atoms with Crippen LogP contribution in [0.1, 0.15) is 39.0 Å². The van der Waals surface area contributed by atoms with Crippen molar-refractivity contribution in [1.29, 1.82) is 5.26 Å². The summed E-state index contributed by atoms with van der Waals surface area (Å²) in [7, 11) is 0. The van der Waals surface area contributed by atoms with Crippen molar-refractivity contribution in [2.75, 3.05) is 19.6 Å². The molecule has 0 amide bonds. The van der Waals surface area contributed by atoms with Gasteiger partial charge >= 0.3 is 0 Å². The Hall–Kier alpha value is -0.590. The normalized spacial score (nSPS) is 30.5. The zero-order chi connectivity index (χ0) is 11.4. The molecule has 2 bridgehead atoms. The summed E-state index contributed by atoms with van der Waals surface area (Å²) < 4.78 is 0. The summed E-state index contributed by atoms with van der Waals surface area (Å²) in [5, 5.41) is 12.3. The monoisotopic (exact) mass is 221 g/mol. The first-order valence-corrected chi connectivity index (χ1v) is 6.70. The smallest absolute Gasteiger partial charge is 0.0965 e. The van der Waals surface area contributed by atoms with E-state index in [-0.39, 0.29) is 6.04 Å². The van der Waals surface area contributed by atoms with E-state index in [0.29, 0.717) is 0 Å². The molecule has 3 nitrogen and oxygen atoms in total. The third kappa shape index (κ3) is 2.75. The lowest BCUT2D eigenvalue weighted by molar-refractivity contribution is 0.207. The minimum absolute atomic E-state index is 0.0547. The Morgan fingerprint density at radius 3 is 2.94 bits per heavy atom. The van der Waals surface area contributed by atoms with E-state index < -0.39 is 0 Å². The van der Waals surface area contributed by atoms with Crippen LogP contribution in [-0.2, 0) is 0 Å². The van der Waals surface area contributed by atoms with Gasteiger partial charge in [0.2, 0.25) is 0 Å². The largest absolute Gasteiger partial charge is 0.302 e. The topological polar surface area (TPSA) is 39.1 Å². The molecular weight excluding hydrogens is 198 g/mol. The summed E-state index contributed by atoms with van der Waals surface area (Å²) >= 11 is 0. The van der Waals surface area contributed by atoms with Gasteiger partial charge in [0.25, 0.3) is 0 Å². The molecule has 1 aliphatic carbocycles. The molecule has 3 heteroatoms. The quantitative estimate of drug-likeness (QED) is 0.742. The summed E-state index contributed by atoms with van der Waals surface area (Å²) in [5.74, 6) is 0.967. The van der Waals surface area contributed by atoms with Gasteiger partial charge in [-0.05, 0) is 44.6 Å². The first-order chi connectivity index (χ1) is 7.83. The summed E-state index contributed by atoms with van der Waals surface area (Å²) in [4.78, 5) is 2.60. The Bertz CT molecular complexity index is 258. The van der Waals surface area contributed by atoms with Gasteiger partial charge in [-0.1, -0.05) is 6.92 Å². The maximum absolute atomic E-state index is 9.03. The average Bonchev–Trinajstić information content (AvgIpc) is 2.91. The van der Waals surface area contributed by atoms with E-state index in [1.54, 1.807) is 0 Å². The minimum atomic E-state index is 0.0547. The molecule has 2 fully saturated rings. The molecule has 1 aliphatic heterocycles. The summed E-state index contributed by atoms with van der Waals surface area (Å²) in [5.41, 5.74) is 0. The summed E-state index contributed by atoms with van der Waals surface area (Å²) in [6.07, 6.45) is 6.34. The summed E-state index contributed by atoms with van der Waals surface area (Å²) in [6.45, 7) is 5.50. The van der Waals surface area contributed by atoms with Crippen LogP contribution in [0.5, 0.6) is 0 Å². The van der Waals surface area contributed by atoms with Crippen LogP contribution >= 0.6 is 0 Å². The molecule has 0 aromatic heterocycles. The number of rotatable bonds is 6. The molecule has 16 heavy (non-hydrogen) atoms. The minimum Gasteiger partial charge on any atom is -0.302 e. The van der Waals surface area contributed by atoms with Crippen LogP contribution in [0.25, 0.3) is 0 Å². The second-order valence-electron chi connectivity index (χ2n) is 5.25. The first-order valence-electron chi connectivity index (χ1n) is 6.70. The Morgan fingerprint density at radius 2 is 2.38 bits per heavy atom. The Morgan fingerprint density at radius 1 is 1.50 bits per heavy atom. The molecule has 2 aliphatic rings. The number of nitrogens with zero attached hydrogens (tertiary/aromatic N) is 2. The molecule has 1 N–H and O–H groups in total. The number of hydrogen-bond donors (Lipinski definition) is 1. The van der Waals surface area contributed by atoms with Crippen LogP contribution in [0, 0.1) is 17.2 Å². The van der Waals surface area contributed by atoms with Crippen LogP contribution in [0.3, 0.4) is 0 Å². The molecule has 0 spiro atoms. The fourth-order valence-corrected chi connectivity index (χ4v) is 3.13. The van der Waals surface area contributed by atoms with Crippen molar-refractivity contribution in [3.05, 3.63) is 0 Å². The maximum Gasteiger partial charge on any atom is 0.0965 e. The van der Waals surface area contributed by atoms with E-state index in [0.717, 1.165) is 37.9 Å². The standard InChI is InChI=1S/C13H23N3/c1-2-6-15-12(9-14)5-7-16-10-11-3-4-13(16)8-11/h11-13,15H,2-8,10H2,1H3. The summed E-state index contributed by atoms with van der Waals surface area (Å²) in [6, 6.07) is 3.26. The van der Waals surface area contributed by atoms with Crippen molar-refractivity contribution in [1.82, 2.24) is 10.2 Å². The van der Waals surface area contributed by atoms with Gasteiger partial charge in [0, 0.05) is 19.1 Å². The highest BCUT2D eigenvalue weighted by atomic mass is 15.2. The number of likely N-dealkylation sites (tertiary alicyclic amines) is 1. The van der Waals surface area contributed by atoms with Gasteiger partial charge in [-0.2, -0.15) is 5.26 Å². The second-order valence-corrected chi connectivity index (χ2v) is 5.25. The van der Waals surface area contributed by atoms with Crippen LogP contribution < -0.4 is 5.32 Å². The second kappa shape index (κ2) is 5.65. The Kier molecular flexibility index (Phi) is 4.20. The van der Waals surface area contributed by atoms with Crippen molar-refractivity contribution >= 4 is 0 Å². The lowest BCUT2D eigenvalue weighted by Crippen LogP contribution is -2.37. The van der Waals surface area contributed by atoms with Crippen LogP contribution in [-0.4, -0.2) is 36.6 Å². The van der Waals surface area contributed by atoms with Gasteiger partial charge in [-0.15, -0.1) is 0 Å². The molecule has 0 aromatic carbocycles. The number of fused-ring (bicyclic) bond motifs is 2. The van der Waals surface area contributed by atoms with Crippen molar-refractivity contribution in [2.24, 2.45) is 5.92 Å². The number of hydrogen-bond acceptors (Lipinski definition) is 3. The molecule has 90 valence electrons. The van der Waals surface area contributed by atoms with Gasteiger partial charge in [-0.3, -0.25) is 0 Å². The van der Waals surface area contributed by atoms with E-state index in [2.05, 4.69) is 23.2 Å². The van der Waals surface area contributed by atoms with Crippen LogP contribution in [0.15, 0.2) is 0 Å². The lowest BCUT2D eigenvalue weighted by atomic mass is 10.1. The molecule has 3 atom stereocenters. The predicted molar refractivity (Wildman–Crippen MR) is 65.0 cm³/mol. The third-order valence-electron chi connectivity index (χ3n) is 4.02. The highest BCUT2D eigenvalue weighted by Gasteiger charge is 2.37. The molecule has 2 rings (SSSR count). The van der Waals surface area contributed by atoms with Crippen molar-refractivity contribution < 1.29 is 0 Å². The zero-order valence-corrected chi connectivity index (χ0v) is 10.3. The molecule has 1 saturated heterocycles. The zero-order valence-electron chi connectivity index (χ0n) is 10.3. The van der Waals surface area contributed by atoms with Gasteiger partial charge in [0.1, 0.15) is 0 Å². The third-order valence-corrected chi connectivity index (χ3v) is 4.02. The molecule has 3 unspecified atom stereocenters. The molecular formula is C13H23N3. The highest BCUT2D eigenvalue weighted by molar-refractivity contribution is 4.95. The van der Waals surface area contributed by atoms with Gasteiger partial charge in [0.15, 0.2) is 0 Å². The number of nitrogens with one attached hydrogen (secondary N) is 1. The predicted octanol–water partition coefficient (Wildman–Crippen LogP) is 1.75. The van der Waals surface area contributed by atoms with E-state index in [1.165, 1.54) is 25.8 Å². The number of piperidine rings is 1. The van der Waals surface area contributed by atoms with E-state index in [4.69, 9.17) is 5.26 Å². The van der Waals surface area contributed by atoms with Crippen molar-refractivity contribution in [2.45, 2.75) is 51.1 Å². The van der Waals surface area contributed by atoms with Gasteiger partial charge < -0.3 is 10.2 Å². The van der Waals surface area contributed by atoms with E-state index in [9.17, 15) is 0 Å². The first kappa shape index (κ1) is 11.9. The fraction of sp³-hybridized carbons (Fsp3) is 0.923. The van der Waals surface area contributed by atoms with Gasteiger partial charge in [-0.25, -0.2) is 0 Å². The van der Waals surface area contributed by atoms with E-state index >= 15 is 0 Å². The highest BCUT2D eigenvalue weighted by Crippen LogP contribution is 2.37. The maximum atomic E-state index is 9.03. The molecule has 1 heterocycles. The van der Waals surface area contributed by atoms with Crippen molar-refractivity contribution in [3.63, 3.8) is 0 Å². The molecule has 1 saturated carbocycles. The Labute approximate surface area is 98.8 Å². The lowest BCUT2D eigenvalue weighted by Gasteiger charge is -2.27. The molecule has 0 radical (unpaired) electrons. The van der Waals surface area contributed by atoms with E-state index in [1.807, 2.05) is 0 Å². The Balaban J connectivity index is 1.68. The average molecular weight is 221 g/mol. The van der Waals surface area contributed by atoms with Gasteiger partial charge in [0.05, 0.1) is 12.1 Å². The fourth-order valence-electron chi connectivity index (χ4n) is 3.13. The van der Waals surface area contributed by atoms with Crippen LogP contribution in [0.4, 0.5) is 0 Å². The SMILES string of the molecule is CCCNC(C#N)CCN1CC2CCC1C2.